The summed E-state index contributed by atoms with van der Waals surface area (Å²) in [5, 5.41) is 27.4. The van der Waals surface area contributed by atoms with E-state index in [4.69, 9.17) is 9.47 Å². The van der Waals surface area contributed by atoms with Crippen LogP contribution < -0.4 is 20.9 Å². The molecule has 3 atom stereocenters. The number of piperidine rings is 3. The molecule has 0 aliphatic carbocycles. The lowest BCUT2D eigenvalue weighted by molar-refractivity contribution is -0.138. The van der Waals surface area contributed by atoms with Gasteiger partial charge in [-0.2, -0.15) is 13.2 Å². The number of hydrogen-bond acceptors (Lipinski definition) is 8. The number of hydrogen-bond donors (Lipinski definition) is 5. The normalized spacial score (nSPS) is 19.2. The SMILES string of the molecule is O=C(NC(c1ccccc1)c1cccc(OCc2ccc(CCNC[C@@H](O)c3ccc(O)c4[nH]c(=O)ccc34)c(C(F)(F)F)c2)c1)O[C@H]1CN2CCC1CC2. The average Bonchev–Trinajstić information content (AvgIpc) is 3.19. The Labute approximate surface area is 315 Å². The number of fused-ring (bicyclic) bond motifs is 4. The van der Waals surface area contributed by atoms with Gasteiger partial charge in [0.05, 0.1) is 23.2 Å². The van der Waals surface area contributed by atoms with E-state index >= 15 is 0 Å². The fourth-order valence-electron chi connectivity index (χ4n) is 7.61. The molecule has 10 nitrogen and oxygen atoms in total. The van der Waals surface area contributed by atoms with E-state index in [1.807, 2.05) is 36.4 Å². The van der Waals surface area contributed by atoms with Crippen LogP contribution in [-0.2, 0) is 23.9 Å². The highest BCUT2D eigenvalue weighted by Crippen LogP contribution is 2.34. The fraction of sp³-hybridized carbons (Fsp3) is 0.333. The number of aliphatic hydroxyl groups excluding tert-OH is 1. The standard InChI is InChI=1S/C42H43F3N4O6/c43-42(44,45)34-21-26(9-10-27(34)15-18-46-23-36(51)32-11-13-35(50)40-33(32)12-14-38(52)47-40)25-54-31-8-4-7-30(22-31)39(29-5-2-1-3-6-29)48-41(53)55-37-24-49-19-16-28(37)17-20-49/h1-14,21-22,28,36-37,39,46,50-51H,15-20,23-25H2,(H,47,52)(H,48,53)/t36-,37+,39?/m1/s1. The number of phenolic OH excluding ortho intramolecular Hbond substituents is 1. The summed E-state index contributed by atoms with van der Waals surface area (Å²) in [5.74, 6) is 0.653. The van der Waals surface area contributed by atoms with Crippen LogP contribution in [0, 0.1) is 5.92 Å². The van der Waals surface area contributed by atoms with E-state index in [1.165, 1.54) is 30.3 Å². The number of aromatic nitrogens is 1. The van der Waals surface area contributed by atoms with Crippen LogP contribution in [0.2, 0.25) is 0 Å². The van der Waals surface area contributed by atoms with Crippen LogP contribution in [-0.4, -0.2) is 65.0 Å². The Bertz CT molecular complexity index is 2170. The van der Waals surface area contributed by atoms with Gasteiger partial charge in [-0.3, -0.25) is 9.69 Å². The fourth-order valence-corrected chi connectivity index (χ4v) is 7.61. The molecule has 3 saturated heterocycles. The molecule has 8 rings (SSSR count). The minimum Gasteiger partial charge on any atom is -0.506 e. The van der Waals surface area contributed by atoms with E-state index in [1.54, 1.807) is 24.3 Å². The third-order valence-corrected chi connectivity index (χ3v) is 10.5. The summed E-state index contributed by atoms with van der Waals surface area (Å²) in [6.07, 6.45) is -4.23. The van der Waals surface area contributed by atoms with Crippen molar-refractivity contribution in [3.63, 3.8) is 0 Å². The number of aromatic amines is 1. The third-order valence-electron chi connectivity index (χ3n) is 10.5. The molecule has 2 bridgehead atoms. The summed E-state index contributed by atoms with van der Waals surface area (Å²) in [6, 6.07) is 25.9. The van der Waals surface area contributed by atoms with E-state index in [-0.39, 0.29) is 49.1 Å². The van der Waals surface area contributed by atoms with Crippen LogP contribution in [0.15, 0.2) is 102 Å². The first-order valence-electron chi connectivity index (χ1n) is 18.4. The molecule has 3 aliphatic heterocycles. The monoisotopic (exact) mass is 756 g/mol. The van der Waals surface area contributed by atoms with Crippen molar-refractivity contribution in [1.82, 2.24) is 20.5 Å². The molecule has 0 radical (unpaired) electrons. The van der Waals surface area contributed by atoms with Gasteiger partial charge in [0.2, 0.25) is 5.56 Å². The van der Waals surface area contributed by atoms with Gasteiger partial charge < -0.3 is 35.3 Å². The lowest BCUT2D eigenvalue weighted by atomic mass is 9.86. The molecule has 1 amide bonds. The van der Waals surface area contributed by atoms with E-state index in [0.717, 1.165) is 49.7 Å². The highest BCUT2D eigenvalue weighted by Gasteiger charge is 2.37. The third kappa shape index (κ3) is 9.13. The topological polar surface area (TPSA) is 136 Å². The number of rotatable bonds is 13. The summed E-state index contributed by atoms with van der Waals surface area (Å²) in [5.41, 5.74) is 1.47. The van der Waals surface area contributed by atoms with Gasteiger partial charge in [-0.1, -0.05) is 60.7 Å². The molecule has 55 heavy (non-hydrogen) atoms. The van der Waals surface area contributed by atoms with Crippen molar-refractivity contribution in [2.75, 3.05) is 32.7 Å². The van der Waals surface area contributed by atoms with Gasteiger partial charge in [0, 0.05) is 24.5 Å². The smallest absolute Gasteiger partial charge is 0.416 e. The van der Waals surface area contributed by atoms with Gasteiger partial charge >= 0.3 is 12.3 Å². The molecule has 13 heteroatoms. The number of amides is 1. The van der Waals surface area contributed by atoms with Crippen LogP contribution >= 0.6 is 0 Å². The van der Waals surface area contributed by atoms with Crippen molar-refractivity contribution in [3.8, 4) is 11.5 Å². The predicted molar refractivity (Wildman–Crippen MR) is 201 cm³/mol. The lowest BCUT2D eigenvalue weighted by Crippen LogP contribution is -2.52. The lowest BCUT2D eigenvalue weighted by Gasteiger charge is -2.43. The number of aliphatic hydroxyl groups is 1. The zero-order valence-corrected chi connectivity index (χ0v) is 30.0. The number of pyridine rings is 1. The molecule has 1 aromatic heterocycles. The van der Waals surface area contributed by atoms with Crippen molar-refractivity contribution >= 4 is 17.0 Å². The molecule has 5 N–H and O–H groups in total. The Morgan fingerprint density at radius 1 is 0.945 bits per heavy atom. The number of alkyl carbamates (subject to hydrolysis) is 1. The Kier molecular flexibility index (Phi) is 11.4. The number of halogens is 3. The molecule has 4 heterocycles. The van der Waals surface area contributed by atoms with E-state index in [9.17, 15) is 33.0 Å². The second kappa shape index (κ2) is 16.6. The van der Waals surface area contributed by atoms with Crippen LogP contribution in [0.25, 0.3) is 10.9 Å². The summed E-state index contributed by atoms with van der Waals surface area (Å²) >= 11 is 0. The molecule has 0 saturated carbocycles. The first kappa shape index (κ1) is 37.9. The number of ether oxygens (including phenoxy) is 2. The summed E-state index contributed by atoms with van der Waals surface area (Å²) in [7, 11) is 0. The van der Waals surface area contributed by atoms with Gasteiger partial charge in [0.25, 0.3) is 0 Å². The maximum absolute atomic E-state index is 14.3. The summed E-state index contributed by atoms with van der Waals surface area (Å²) < 4.78 is 54.7. The van der Waals surface area contributed by atoms with Gasteiger partial charge in [0.1, 0.15) is 24.2 Å². The number of nitrogens with one attached hydrogen (secondary N) is 3. The zero-order chi connectivity index (χ0) is 38.5. The van der Waals surface area contributed by atoms with Gasteiger partial charge in [-0.15, -0.1) is 0 Å². The Morgan fingerprint density at radius 3 is 2.47 bits per heavy atom. The number of carbonyl (C=O) groups is 1. The maximum atomic E-state index is 14.3. The highest BCUT2D eigenvalue weighted by molar-refractivity contribution is 5.87. The van der Waals surface area contributed by atoms with Crippen molar-refractivity contribution in [1.29, 1.82) is 0 Å². The number of phenols is 1. The number of aromatic hydroxyl groups is 1. The van der Waals surface area contributed by atoms with Crippen LogP contribution in [0.3, 0.4) is 0 Å². The van der Waals surface area contributed by atoms with Crippen LogP contribution in [0.4, 0.5) is 18.0 Å². The molecule has 4 aromatic carbocycles. The Morgan fingerprint density at radius 2 is 1.73 bits per heavy atom. The van der Waals surface area contributed by atoms with Crippen LogP contribution in [0.1, 0.15) is 58.4 Å². The quantitative estimate of drug-likeness (QED) is 0.0848. The maximum Gasteiger partial charge on any atom is 0.416 e. The van der Waals surface area contributed by atoms with Crippen molar-refractivity contribution in [2.45, 2.75) is 50.3 Å². The second-order valence-corrected chi connectivity index (χ2v) is 14.2. The first-order chi connectivity index (χ1) is 26.5. The second-order valence-electron chi connectivity index (χ2n) is 14.2. The van der Waals surface area contributed by atoms with Crippen molar-refractivity contribution < 1.29 is 37.7 Å². The highest BCUT2D eigenvalue weighted by atomic mass is 19.4. The summed E-state index contributed by atoms with van der Waals surface area (Å²) in [6.45, 7) is 2.87. The molecule has 3 aliphatic rings. The van der Waals surface area contributed by atoms with E-state index < -0.39 is 35.5 Å². The zero-order valence-electron chi connectivity index (χ0n) is 30.0. The minimum absolute atomic E-state index is 0.0346. The number of alkyl halides is 3. The number of nitrogens with zero attached hydrogens (tertiary/aromatic N) is 1. The molecule has 1 unspecified atom stereocenters. The number of H-pyrrole nitrogens is 1. The average molecular weight is 757 g/mol. The number of benzene rings is 4. The van der Waals surface area contributed by atoms with Crippen LogP contribution in [0.5, 0.6) is 11.5 Å². The summed E-state index contributed by atoms with van der Waals surface area (Å²) in [4.78, 5) is 29.8. The van der Waals surface area contributed by atoms with Gasteiger partial charge in [0.15, 0.2) is 0 Å². The predicted octanol–water partition coefficient (Wildman–Crippen LogP) is 6.61. The largest absolute Gasteiger partial charge is 0.506 e. The van der Waals surface area contributed by atoms with Crippen molar-refractivity contribution in [3.05, 3.63) is 141 Å². The molecule has 5 aromatic rings. The molecule has 3 fully saturated rings. The molecular weight excluding hydrogens is 713 g/mol. The Hall–Kier alpha value is -5.37. The van der Waals surface area contributed by atoms with Gasteiger partial charge in [-0.25, -0.2) is 4.79 Å². The van der Waals surface area contributed by atoms with E-state index in [0.29, 0.717) is 28.2 Å². The molecular formula is C42H43F3N4O6. The minimum atomic E-state index is -4.61. The molecule has 288 valence electrons. The van der Waals surface area contributed by atoms with Crippen molar-refractivity contribution in [2.24, 2.45) is 5.92 Å². The van der Waals surface area contributed by atoms with Gasteiger partial charge in [-0.05, 0) is 103 Å². The molecule has 0 spiro atoms. The number of carbonyl (C=O) groups excluding carboxylic acids is 1. The first-order valence-corrected chi connectivity index (χ1v) is 18.4. The Balaban J connectivity index is 0.983. The van der Waals surface area contributed by atoms with E-state index in [2.05, 4.69) is 20.5 Å².